The van der Waals surface area contributed by atoms with Gasteiger partial charge in [-0.25, -0.2) is 8.42 Å². The highest BCUT2D eigenvalue weighted by atomic mass is 32.2. The third-order valence-electron chi connectivity index (χ3n) is 5.37. The first-order valence-corrected chi connectivity index (χ1v) is 12.1. The van der Waals surface area contributed by atoms with Crippen LogP contribution in [0.15, 0.2) is 82.8 Å². The van der Waals surface area contributed by atoms with E-state index in [0.29, 0.717) is 18.4 Å². The molecule has 7 heteroatoms. The summed E-state index contributed by atoms with van der Waals surface area (Å²) in [5.41, 5.74) is 2.10. The fourth-order valence-electron chi connectivity index (χ4n) is 3.37. The van der Waals surface area contributed by atoms with Crippen LogP contribution in [0, 0.1) is 0 Å². The first kappa shape index (κ1) is 21.9. The highest BCUT2D eigenvalue weighted by Gasteiger charge is 2.25. The van der Waals surface area contributed by atoms with Crippen LogP contribution in [0.3, 0.4) is 0 Å². The minimum atomic E-state index is -3.77. The zero-order valence-electron chi connectivity index (χ0n) is 17.5. The minimum Gasteiger partial charge on any atom is -0.349 e. The maximum atomic E-state index is 13.0. The Labute approximate surface area is 187 Å². The molecule has 1 heterocycles. The van der Waals surface area contributed by atoms with Gasteiger partial charge in [-0.1, -0.05) is 24.3 Å². The Morgan fingerprint density at radius 2 is 1.72 bits per heavy atom. The monoisotopic (exact) mass is 448 g/mol. The number of aryl methyl sites for hydroxylation is 1. The standard InChI is InChI=1S/C25H24N2O4S/c28-22(11-6-19-3-2-14-26-17-19)15-18-7-12-23(13-8-18)32(30,31)24-5-1-4-20(16-24)25(29)27-21-9-10-21/h1-5,7-8,12-14,16-17,21H,6,9-11,15H2,(H,27,29). The van der Waals surface area contributed by atoms with Crippen LogP contribution in [0.1, 0.15) is 40.7 Å². The second-order valence-corrected chi connectivity index (χ2v) is 9.95. The molecule has 0 radical (unpaired) electrons. The molecule has 164 valence electrons. The van der Waals surface area contributed by atoms with Crippen molar-refractivity contribution in [1.82, 2.24) is 10.3 Å². The van der Waals surface area contributed by atoms with Crippen LogP contribution in [-0.2, 0) is 27.5 Å². The molecule has 1 fully saturated rings. The van der Waals surface area contributed by atoms with Crippen molar-refractivity contribution in [1.29, 1.82) is 0 Å². The summed E-state index contributed by atoms with van der Waals surface area (Å²) in [6.45, 7) is 0. The Morgan fingerprint density at radius 3 is 2.41 bits per heavy atom. The molecule has 0 atom stereocenters. The number of nitrogens with zero attached hydrogens (tertiary/aromatic N) is 1. The topological polar surface area (TPSA) is 93.2 Å². The van der Waals surface area contributed by atoms with Gasteiger partial charge in [0.1, 0.15) is 5.78 Å². The number of sulfone groups is 1. The summed E-state index contributed by atoms with van der Waals surface area (Å²) < 4.78 is 26.1. The van der Waals surface area contributed by atoms with Crippen LogP contribution < -0.4 is 5.32 Å². The summed E-state index contributed by atoms with van der Waals surface area (Å²) >= 11 is 0. The maximum Gasteiger partial charge on any atom is 0.251 e. The molecular weight excluding hydrogens is 424 g/mol. The van der Waals surface area contributed by atoms with Crippen LogP contribution in [0.25, 0.3) is 0 Å². The van der Waals surface area contributed by atoms with E-state index in [1.807, 2.05) is 12.1 Å². The highest BCUT2D eigenvalue weighted by molar-refractivity contribution is 7.91. The predicted octanol–water partition coefficient (Wildman–Crippen LogP) is 3.55. The van der Waals surface area contributed by atoms with E-state index < -0.39 is 9.84 Å². The van der Waals surface area contributed by atoms with Crippen LogP contribution in [-0.4, -0.2) is 31.1 Å². The summed E-state index contributed by atoms with van der Waals surface area (Å²) in [5, 5.41) is 2.87. The van der Waals surface area contributed by atoms with Crippen molar-refractivity contribution in [3.63, 3.8) is 0 Å². The van der Waals surface area contributed by atoms with Crippen LogP contribution in [0.2, 0.25) is 0 Å². The lowest BCUT2D eigenvalue weighted by Crippen LogP contribution is -2.25. The van der Waals surface area contributed by atoms with E-state index in [-0.39, 0.29) is 33.9 Å². The molecule has 1 N–H and O–H groups in total. The Kier molecular flexibility index (Phi) is 6.46. The quantitative estimate of drug-likeness (QED) is 0.540. The molecule has 3 aromatic rings. The minimum absolute atomic E-state index is 0.0706. The number of carbonyl (C=O) groups excluding carboxylic acids is 2. The highest BCUT2D eigenvalue weighted by Crippen LogP contribution is 2.24. The third kappa shape index (κ3) is 5.48. The molecule has 0 spiro atoms. The van der Waals surface area contributed by atoms with Gasteiger partial charge in [-0.2, -0.15) is 0 Å². The van der Waals surface area contributed by atoms with Crippen LogP contribution >= 0.6 is 0 Å². The third-order valence-corrected chi connectivity index (χ3v) is 7.14. The number of aromatic nitrogens is 1. The summed E-state index contributed by atoms with van der Waals surface area (Å²) in [5.74, 6) is -0.177. The molecule has 1 aliphatic carbocycles. The largest absolute Gasteiger partial charge is 0.349 e. The first-order chi connectivity index (χ1) is 15.4. The van der Waals surface area contributed by atoms with Gasteiger partial charge in [-0.3, -0.25) is 14.6 Å². The smallest absolute Gasteiger partial charge is 0.251 e. The number of amides is 1. The van der Waals surface area contributed by atoms with Gasteiger partial charge in [0, 0.05) is 36.8 Å². The lowest BCUT2D eigenvalue weighted by atomic mass is 10.0. The van der Waals surface area contributed by atoms with Gasteiger partial charge in [0.15, 0.2) is 0 Å². The van der Waals surface area contributed by atoms with Gasteiger partial charge in [0.05, 0.1) is 9.79 Å². The number of ketones is 1. The van der Waals surface area contributed by atoms with Gasteiger partial charge in [-0.05, 0) is 66.8 Å². The van der Waals surface area contributed by atoms with E-state index in [4.69, 9.17) is 0 Å². The predicted molar refractivity (Wildman–Crippen MR) is 120 cm³/mol. The number of pyridine rings is 1. The van der Waals surface area contributed by atoms with Crippen molar-refractivity contribution in [3.05, 3.63) is 89.7 Å². The molecule has 4 rings (SSSR count). The zero-order valence-corrected chi connectivity index (χ0v) is 18.3. The molecular formula is C25H24N2O4S. The number of rotatable bonds is 9. The van der Waals surface area contributed by atoms with Gasteiger partial charge in [-0.15, -0.1) is 0 Å². The molecule has 1 aromatic heterocycles. The first-order valence-electron chi connectivity index (χ1n) is 10.6. The molecule has 6 nitrogen and oxygen atoms in total. The van der Waals surface area contributed by atoms with E-state index in [0.717, 1.165) is 24.0 Å². The normalized spacial score (nSPS) is 13.5. The van der Waals surface area contributed by atoms with Gasteiger partial charge < -0.3 is 5.32 Å². The van der Waals surface area contributed by atoms with E-state index >= 15 is 0 Å². The number of carbonyl (C=O) groups is 2. The van der Waals surface area contributed by atoms with Crippen molar-refractivity contribution >= 4 is 21.5 Å². The number of benzene rings is 2. The molecule has 0 unspecified atom stereocenters. The van der Waals surface area contributed by atoms with Crippen molar-refractivity contribution in [2.24, 2.45) is 0 Å². The fourth-order valence-corrected chi connectivity index (χ4v) is 4.68. The fraction of sp³-hybridized carbons (Fsp3) is 0.240. The van der Waals surface area contributed by atoms with E-state index in [1.54, 1.807) is 36.7 Å². The second-order valence-electron chi connectivity index (χ2n) is 8.00. The Balaban J connectivity index is 1.41. The van der Waals surface area contributed by atoms with Crippen molar-refractivity contribution < 1.29 is 18.0 Å². The van der Waals surface area contributed by atoms with Gasteiger partial charge in [0.2, 0.25) is 9.84 Å². The van der Waals surface area contributed by atoms with Gasteiger partial charge in [0.25, 0.3) is 5.91 Å². The summed E-state index contributed by atoms with van der Waals surface area (Å²) in [6, 6.07) is 16.4. The maximum absolute atomic E-state index is 13.0. The SMILES string of the molecule is O=C(CCc1cccnc1)Cc1ccc(S(=O)(=O)c2cccc(C(=O)NC3CC3)c2)cc1. The van der Waals surface area contributed by atoms with Crippen molar-refractivity contribution in [2.75, 3.05) is 0 Å². The molecule has 32 heavy (non-hydrogen) atoms. The molecule has 0 saturated heterocycles. The molecule has 1 amide bonds. The van der Waals surface area contributed by atoms with Crippen LogP contribution in [0.5, 0.6) is 0 Å². The number of Topliss-reactive ketones (excluding diaryl/α,β-unsaturated/α-hetero) is 1. The van der Waals surface area contributed by atoms with Crippen molar-refractivity contribution in [3.8, 4) is 0 Å². The summed E-state index contributed by atoms with van der Waals surface area (Å²) in [6.07, 6.45) is 6.64. The average molecular weight is 449 g/mol. The Morgan fingerprint density at radius 1 is 0.938 bits per heavy atom. The van der Waals surface area contributed by atoms with Gasteiger partial charge >= 0.3 is 0 Å². The number of hydrogen-bond donors (Lipinski definition) is 1. The lowest BCUT2D eigenvalue weighted by Gasteiger charge is -2.08. The molecule has 0 aliphatic heterocycles. The van der Waals surface area contributed by atoms with E-state index in [9.17, 15) is 18.0 Å². The zero-order chi connectivity index (χ0) is 22.6. The molecule has 2 aromatic carbocycles. The van der Waals surface area contributed by atoms with E-state index in [2.05, 4.69) is 10.3 Å². The average Bonchev–Trinajstić information content (AvgIpc) is 3.63. The summed E-state index contributed by atoms with van der Waals surface area (Å²) in [7, 11) is -3.77. The second kappa shape index (κ2) is 9.44. The summed E-state index contributed by atoms with van der Waals surface area (Å²) in [4.78, 5) is 28.8. The molecule has 1 aliphatic rings. The van der Waals surface area contributed by atoms with Crippen molar-refractivity contribution in [2.45, 2.75) is 47.9 Å². The number of hydrogen-bond acceptors (Lipinski definition) is 5. The lowest BCUT2D eigenvalue weighted by molar-refractivity contribution is -0.118. The van der Waals surface area contributed by atoms with Crippen LogP contribution in [0.4, 0.5) is 0 Å². The Hall–Kier alpha value is -3.32. The Bertz CT molecular complexity index is 1220. The molecule has 1 saturated carbocycles. The van der Waals surface area contributed by atoms with E-state index in [1.165, 1.54) is 24.3 Å². The molecule has 0 bridgehead atoms. The number of nitrogens with one attached hydrogen (secondary N) is 1.